The van der Waals surface area contributed by atoms with Gasteiger partial charge in [-0.3, -0.25) is 4.84 Å². The number of hydrogen-bond acceptors (Lipinski definition) is 6. The average molecular weight is 542 g/mol. The van der Waals surface area contributed by atoms with Gasteiger partial charge in [-0.05, 0) is 48.0 Å². The van der Waals surface area contributed by atoms with Gasteiger partial charge in [0, 0.05) is 23.9 Å². The van der Waals surface area contributed by atoms with Gasteiger partial charge in [-0.25, -0.2) is 4.79 Å². The van der Waals surface area contributed by atoms with Crippen molar-refractivity contribution < 1.29 is 24.2 Å². The first-order valence-corrected chi connectivity index (χ1v) is 15.9. The van der Waals surface area contributed by atoms with Crippen molar-refractivity contribution in [2.75, 3.05) is 13.2 Å². The van der Waals surface area contributed by atoms with Gasteiger partial charge in [-0.1, -0.05) is 103 Å². The van der Waals surface area contributed by atoms with Crippen LogP contribution in [-0.4, -0.2) is 52.3 Å². The molecule has 1 aliphatic rings. The van der Waals surface area contributed by atoms with Crippen LogP contribution in [0.4, 0.5) is 4.79 Å². The molecule has 1 fully saturated rings. The first-order chi connectivity index (χ1) is 17.9. The number of nitrogens with zero attached hydrogens (tertiary/aromatic N) is 1. The third-order valence-electron chi connectivity index (χ3n) is 7.58. The second-order valence-electron chi connectivity index (χ2n) is 13.6. The Morgan fingerprint density at radius 2 is 1.16 bits per heavy atom. The van der Waals surface area contributed by atoms with Gasteiger partial charge >= 0.3 is 6.16 Å². The number of aliphatic hydroxyl groups is 1. The van der Waals surface area contributed by atoms with Gasteiger partial charge in [0.2, 0.25) is 0 Å². The molecule has 0 unspecified atom stereocenters. The molecule has 0 aromatic rings. The van der Waals surface area contributed by atoms with Gasteiger partial charge in [0.15, 0.2) is 0 Å². The summed E-state index contributed by atoms with van der Waals surface area (Å²) in [7, 11) is 0. The maximum Gasteiger partial charge on any atom is 0.508 e. The van der Waals surface area contributed by atoms with E-state index in [0.717, 1.165) is 12.8 Å². The minimum atomic E-state index is -0.907. The van der Waals surface area contributed by atoms with Crippen molar-refractivity contribution in [1.82, 2.24) is 5.06 Å². The lowest BCUT2D eigenvalue weighted by Crippen LogP contribution is -2.62. The van der Waals surface area contributed by atoms with Gasteiger partial charge in [0.1, 0.15) is 6.10 Å². The van der Waals surface area contributed by atoms with Crippen molar-refractivity contribution in [3.8, 4) is 0 Å². The molecule has 0 atom stereocenters. The van der Waals surface area contributed by atoms with Crippen LogP contribution in [0.3, 0.4) is 0 Å². The lowest BCUT2D eigenvalue weighted by atomic mass is 9.80. The van der Waals surface area contributed by atoms with Crippen molar-refractivity contribution in [2.45, 2.75) is 187 Å². The predicted molar refractivity (Wildman–Crippen MR) is 157 cm³/mol. The van der Waals surface area contributed by atoms with Crippen LogP contribution in [0.25, 0.3) is 0 Å². The van der Waals surface area contributed by atoms with Crippen molar-refractivity contribution in [3.05, 3.63) is 0 Å². The van der Waals surface area contributed by atoms with Gasteiger partial charge in [0.25, 0.3) is 0 Å². The number of carbonyl (C=O) groups is 1. The fourth-order valence-electron chi connectivity index (χ4n) is 5.80. The summed E-state index contributed by atoms with van der Waals surface area (Å²) < 4.78 is 11.1. The van der Waals surface area contributed by atoms with Crippen LogP contribution in [0.5, 0.6) is 0 Å². The van der Waals surface area contributed by atoms with Crippen molar-refractivity contribution in [1.29, 1.82) is 0 Å². The van der Waals surface area contributed by atoms with Crippen LogP contribution in [0.1, 0.15) is 164 Å². The van der Waals surface area contributed by atoms with E-state index in [-0.39, 0.29) is 23.8 Å². The summed E-state index contributed by atoms with van der Waals surface area (Å²) in [5.41, 5.74) is -1.59. The Balaban J connectivity index is 2.06. The standard InChI is InChI=1S/C32H63NO5/c1-8-9-10-11-12-13-14-15-16-17-18-19-20-21-22-23-24-36-29(34)38-28-25-30(2,3)33(31(4,5)26-28)37-27-32(6,7)35/h28,35H,8-27H2,1-7H3. The Morgan fingerprint density at radius 3 is 1.55 bits per heavy atom. The second-order valence-corrected chi connectivity index (χ2v) is 13.6. The van der Waals surface area contributed by atoms with Crippen LogP contribution in [-0.2, 0) is 14.3 Å². The smallest absolute Gasteiger partial charge is 0.434 e. The number of unbranched alkanes of at least 4 members (excludes halogenated alkanes) is 15. The van der Waals surface area contributed by atoms with E-state index in [9.17, 15) is 9.90 Å². The maximum absolute atomic E-state index is 12.3. The first-order valence-electron chi connectivity index (χ1n) is 15.9. The number of carbonyl (C=O) groups excluding carboxylic acids is 1. The Labute approximate surface area is 235 Å². The van der Waals surface area contributed by atoms with E-state index in [1.165, 1.54) is 89.9 Å². The third-order valence-corrected chi connectivity index (χ3v) is 7.58. The highest BCUT2D eigenvalue weighted by Crippen LogP contribution is 2.40. The number of ether oxygens (including phenoxy) is 2. The molecule has 0 bridgehead atoms. The summed E-state index contributed by atoms with van der Waals surface area (Å²) in [4.78, 5) is 18.3. The van der Waals surface area contributed by atoms with E-state index in [1.807, 2.05) is 5.06 Å². The molecule has 6 heteroatoms. The molecule has 0 aromatic carbocycles. The van der Waals surface area contributed by atoms with E-state index in [0.29, 0.717) is 19.4 Å². The molecule has 0 radical (unpaired) electrons. The van der Waals surface area contributed by atoms with E-state index >= 15 is 0 Å². The Hall–Kier alpha value is -0.850. The molecule has 0 aliphatic carbocycles. The van der Waals surface area contributed by atoms with E-state index < -0.39 is 11.8 Å². The van der Waals surface area contributed by atoms with Crippen LogP contribution >= 0.6 is 0 Å². The highest BCUT2D eigenvalue weighted by Gasteiger charge is 2.48. The molecule has 6 nitrogen and oxygen atoms in total. The molecule has 0 saturated carbocycles. The van der Waals surface area contributed by atoms with Crippen LogP contribution in [0.2, 0.25) is 0 Å². The number of rotatable bonds is 21. The fraction of sp³-hybridized carbons (Fsp3) is 0.969. The monoisotopic (exact) mass is 541 g/mol. The summed E-state index contributed by atoms with van der Waals surface area (Å²) in [6.07, 6.45) is 21.7. The predicted octanol–water partition coefficient (Wildman–Crippen LogP) is 9.13. The second kappa shape index (κ2) is 18.5. The summed E-state index contributed by atoms with van der Waals surface area (Å²) in [6, 6.07) is 0. The normalized spacial score (nSPS) is 18.0. The minimum absolute atomic E-state index is 0.215. The number of piperidine rings is 1. The highest BCUT2D eigenvalue weighted by molar-refractivity contribution is 5.60. The van der Waals surface area contributed by atoms with Gasteiger partial charge in [0.05, 0.1) is 18.8 Å². The Kier molecular flexibility index (Phi) is 17.1. The average Bonchev–Trinajstić information content (AvgIpc) is 2.78. The van der Waals surface area contributed by atoms with Crippen LogP contribution in [0.15, 0.2) is 0 Å². The summed E-state index contributed by atoms with van der Waals surface area (Å²) in [5, 5.41) is 12.0. The molecule has 0 amide bonds. The molecule has 0 aromatic heterocycles. The highest BCUT2D eigenvalue weighted by atomic mass is 16.7. The minimum Gasteiger partial charge on any atom is -0.434 e. The molecule has 0 spiro atoms. The third kappa shape index (κ3) is 16.3. The Morgan fingerprint density at radius 1 is 0.763 bits per heavy atom. The summed E-state index contributed by atoms with van der Waals surface area (Å²) in [6.45, 7) is 14.7. The maximum atomic E-state index is 12.3. The summed E-state index contributed by atoms with van der Waals surface area (Å²) in [5.74, 6) is 0. The van der Waals surface area contributed by atoms with Crippen LogP contribution < -0.4 is 0 Å². The van der Waals surface area contributed by atoms with E-state index in [4.69, 9.17) is 14.3 Å². The number of hydrogen-bond donors (Lipinski definition) is 1. The van der Waals surface area contributed by atoms with Gasteiger partial charge in [-0.15, -0.1) is 0 Å². The molecule has 1 saturated heterocycles. The first kappa shape index (κ1) is 35.2. The Bertz CT molecular complexity index is 595. The summed E-state index contributed by atoms with van der Waals surface area (Å²) >= 11 is 0. The molecule has 38 heavy (non-hydrogen) atoms. The largest absolute Gasteiger partial charge is 0.508 e. The quantitative estimate of drug-likeness (QED) is 0.115. The molecule has 226 valence electrons. The topological polar surface area (TPSA) is 68.2 Å². The van der Waals surface area contributed by atoms with Gasteiger partial charge < -0.3 is 14.6 Å². The van der Waals surface area contributed by atoms with Crippen LogP contribution in [0, 0.1) is 0 Å². The van der Waals surface area contributed by atoms with Crippen molar-refractivity contribution in [3.63, 3.8) is 0 Å². The fourth-order valence-corrected chi connectivity index (χ4v) is 5.80. The van der Waals surface area contributed by atoms with Crippen molar-refractivity contribution in [2.24, 2.45) is 0 Å². The molecule has 1 heterocycles. The molecule has 1 N–H and O–H groups in total. The lowest BCUT2D eigenvalue weighted by Gasteiger charge is -2.53. The zero-order valence-electron chi connectivity index (χ0n) is 26.2. The zero-order valence-corrected chi connectivity index (χ0v) is 26.2. The SMILES string of the molecule is CCCCCCCCCCCCCCCCCCOC(=O)OC1CC(C)(C)N(OCC(C)(C)O)C(C)(C)C1. The molecular weight excluding hydrogens is 478 g/mol. The number of hydroxylamine groups is 2. The van der Waals surface area contributed by atoms with Gasteiger partial charge in [-0.2, -0.15) is 5.06 Å². The zero-order chi connectivity index (χ0) is 28.5. The van der Waals surface area contributed by atoms with E-state index in [1.54, 1.807) is 13.8 Å². The molecule has 1 rings (SSSR count). The molecule has 1 aliphatic heterocycles. The van der Waals surface area contributed by atoms with Crippen molar-refractivity contribution >= 4 is 6.16 Å². The molecular formula is C32H63NO5. The lowest BCUT2D eigenvalue weighted by molar-refractivity contribution is -0.306. The van der Waals surface area contributed by atoms with E-state index in [2.05, 4.69) is 34.6 Å².